The third-order valence-corrected chi connectivity index (χ3v) is 3.50. The van der Waals surface area contributed by atoms with Gasteiger partial charge in [0, 0.05) is 18.2 Å². The molecule has 0 spiro atoms. The van der Waals surface area contributed by atoms with Gasteiger partial charge in [-0.3, -0.25) is 20.2 Å². The van der Waals surface area contributed by atoms with Gasteiger partial charge in [0.1, 0.15) is 6.17 Å². The van der Waals surface area contributed by atoms with Crippen molar-refractivity contribution >= 4 is 11.6 Å². The number of carbonyl (C=O) groups excluding carboxylic acids is 1. The molecule has 0 aromatic heterocycles. The minimum absolute atomic E-state index is 0.0585. The van der Waals surface area contributed by atoms with Gasteiger partial charge in [0.2, 0.25) is 5.91 Å². The highest BCUT2D eigenvalue weighted by molar-refractivity contribution is 5.81. The molecule has 1 N–H and O–H groups in total. The SMILES string of the molecule is CCC(C)N1C(=O)CNC1c1ccc([N+](=O)[O-])cc1. The molecule has 2 atom stereocenters. The number of nitro benzene ring substituents is 1. The lowest BCUT2D eigenvalue weighted by atomic mass is 10.1. The van der Waals surface area contributed by atoms with Crippen molar-refractivity contribution in [3.63, 3.8) is 0 Å². The third-order valence-electron chi connectivity index (χ3n) is 3.50. The van der Waals surface area contributed by atoms with Crippen LogP contribution in [-0.2, 0) is 4.79 Å². The van der Waals surface area contributed by atoms with Gasteiger partial charge in [-0.2, -0.15) is 0 Å². The van der Waals surface area contributed by atoms with E-state index in [1.54, 1.807) is 17.0 Å². The summed E-state index contributed by atoms with van der Waals surface area (Å²) in [5.41, 5.74) is 0.930. The molecule has 0 bridgehead atoms. The van der Waals surface area contributed by atoms with Crippen molar-refractivity contribution in [2.45, 2.75) is 32.5 Å². The molecule has 6 heteroatoms. The maximum atomic E-state index is 11.9. The van der Waals surface area contributed by atoms with Crippen LogP contribution in [0.15, 0.2) is 24.3 Å². The highest BCUT2D eigenvalue weighted by Gasteiger charge is 2.34. The van der Waals surface area contributed by atoms with Crippen molar-refractivity contribution in [3.8, 4) is 0 Å². The van der Waals surface area contributed by atoms with Gasteiger partial charge in [0.15, 0.2) is 0 Å². The van der Waals surface area contributed by atoms with E-state index in [-0.39, 0.29) is 23.8 Å². The summed E-state index contributed by atoms with van der Waals surface area (Å²) < 4.78 is 0. The van der Waals surface area contributed by atoms with Gasteiger partial charge >= 0.3 is 0 Å². The average Bonchev–Trinajstić information content (AvgIpc) is 2.80. The van der Waals surface area contributed by atoms with Crippen LogP contribution in [0.1, 0.15) is 32.0 Å². The number of rotatable bonds is 4. The second-order valence-corrected chi connectivity index (χ2v) is 4.69. The van der Waals surface area contributed by atoms with Crippen molar-refractivity contribution in [1.29, 1.82) is 0 Å². The number of hydrogen-bond acceptors (Lipinski definition) is 4. The molecule has 0 radical (unpaired) electrons. The molecule has 1 aliphatic rings. The first-order chi connectivity index (χ1) is 9.04. The maximum absolute atomic E-state index is 11.9. The van der Waals surface area contributed by atoms with Crippen molar-refractivity contribution in [1.82, 2.24) is 10.2 Å². The Morgan fingerprint density at radius 3 is 2.63 bits per heavy atom. The topological polar surface area (TPSA) is 75.5 Å². The van der Waals surface area contributed by atoms with Crippen molar-refractivity contribution in [2.24, 2.45) is 0 Å². The number of hydrogen-bond donors (Lipinski definition) is 1. The second-order valence-electron chi connectivity index (χ2n) is 4.69. The zero-order chi connectivity index (χ0) is 14.0. The van der Waals surface area contributed by atoms with E-state index in [4.69, 9.17) is 0 Å². The molecule has 102 valence electrons. The van der Waals surface area contributed by atoms with Gasteiger partial charge in [0.05, 0.1) is 11.5 Å². The normalized spacial score (nSPS) is 20.6. The Morgan fingerprint density at radius 2 is 2.11 bits per heavy atom. The maximum Gasteiger partial charge on any atom is 0.269 e. The Bertz CT molecular complexity index is 486. The number of benzene rings is 1. The van der Waals surface area contributed by atoms with Gasteiger partial charge in [-0.05, 0) is 31.0 Å². The summed E-state index contributed by atoms with van der Waals surface area (Å²) in [5, 5.41) is 13.8. The van der Waals surface area contributed by atoms with Gasteiger partial charge in [-0.15, -0.1) is 0 Å². The van der Waals surface area contributed by atoms with Gasteiger partial charge < -0.3 is 4.90 Å². The van der Waals surface area contributed by atoms with Crippen LogP contribution < -0.4 is 5.32 Å². The smallest absolute Gasteiger partial charge is 0.269 e. The van der Waals surface area contributed by atoms with E-state index in [0.29, 0.717) is 6.54 Å². The molecule has 2 rings (SSSR count). The minimum atomic E-state index is -0.427. The molecule has 0 saturated carbocycles. The van der Waals surface area contributed by atoms with E-state index in [1.807, 2.05) is 13.8 Å². The molecule has 1 heterocycles. The number of carbonyl (C=O) groups is 1. The first kappa shape index (κ1) is 13.5. The Balaban J connectivity index is 2.25. The van der Waals surface area contributed by atoms with Gasteiger partial charge in [-0.25, -0.2) is 0 Å². The molecule has 6 nitrogen and oxygen atoms in total. The van der Waals surface area contributed by atoms with E-state index in [1.165, 1.54) is 12.1 Å². The molecule has 1 aromatic rings. The molecular weight excluding hydrogens is 246 g/mol. The van der Waals surface area contributed by atoms with Crippen LogP contribution in [0.5, 0.6) is 0 Å². The third kappa shape index (κ3) is 2.58. The number of non-ortho nitro benzene ring substituents is 1. The summed E-state index contributed by atoms with van der Waals surface area (Å²) in [6.45, 7) is 4.35. The van der Waals surface area contributed by atoms with E-state index in [2.05, 4.69) is 5.32 Å². The second kappa shape index (κ2) is 5.36. The monoisotopic (exact) mass is 263 g/mol. The molecule has 1 aromatic carbocycles. The lowest BCUT2D eigenvalue weighted by Gasteiger charge is -2.30. The predicted octanol–water partition coefficient (Wildman–Crippen LogP) is 1.82. The summed E-state index contributed by atoms with van der Waals surface area (Å²) in [4.78, 5) is 23.9. The Kier molecular flexibility index (Phi) is 3.80. The highest BCUT2D eigenvalue weighted by Crippen LogP contribution is 2.27. The van der Waals surface area contributed by atoms with E-state index in [0.717, 1.165) is 12.0 Å². The number of nitro groups is 1. The molecule has 1 saturated heterocycles. The summed E-state index contributed by atoms with van der Waals surface area (Å²) in [6, 6.07) is 6.47. The average molecular weight is 263 g/mol. The Labute approximate surface area is 111 Å². The molecule has 0 aliphatic carbocycles. The lowest BCUT2D eigenvalue weighted by molar-refractivity contribution is -0.384. The van der Waals surface area contributed by atoms with E-state index >= 15 is 0 Å². The fourth-order valence-electron chi connectivity index (χ4n) is 2.27. The summed E-state index contributed by atoms with van der Waals surface area (Å²) in [7, 11) is 0. The first-order valence-corrected chi connectivity index (χ1v) is 6.33. The van der Waals surface area contributed by atoms with Crippen LogP contribution in [0, 0.1) is 10.1 Å². The molecule has 2 unspecified atom stereocenters. The molecule has 1 fully saturated rings. The van der Waals surface area contributed by atoms with Crippen LogP contribution in [0.2, 0.25) is 0 Å². The highest BCUT2D eigenvalue weighted by atomic mass is 16.6. The quantitative estimate of drug-likeness (QED) is 0.664. The van der Waals surface area contributed by atoms with Crippen molar-refractivity contribution < 1.29 is 9.72 Å². The Hall–Kier alpha value is -1.95. The van der Waals surface area contributed by atoms with Gasteiger partial charge in [-0.1, -0.05) is 6.92 Å². The summed E-state index contributed by atoms with van der Waals surface area (Å²) in [6.07, 6.45) is 0.680. The summed E-state index contributed by atoms with van der Waals surface area (Å²) >= 11 is 0. The molecule has 1 amide bonds. The van der Waals surface area contributed by atoms with Crippen molar-refractivity contribution in [3.05, 3.63) is 39.9 Å². The molecule has 1 aliphatic heterocycles. The number of nitrogens with zero attached hydrogens (tertiary/aromatic N) is 2. The zero-order valence-electron chi connectivity index (χ0n) is 11.0. The fourth-order valence-corrected chi connectivity index (χ4v) is 2.27. The number of nitrogens with one attached hydrogen (secondary N) is 1. The first-order valence-electron chi connectivity index (χ1n) is 6.33. The molecular formula is C13H17N3O3. The Morgan fingerprint density at radius 1 is 1.47 bits per heavy atom. The summed E-state index contributed by atoms with van der Waals surface area (Å²) in [5.74, 6) is 0.0673. The van der Waals surface area contributed by atoms with Gasteiger partial charge in [0.25, 0.3) is 5.69 Å². The number of amides is 1. The largest absolute Gasteiger partial charge is 0.319 e. The van der Waals surface area contributed by atoms with E-state index in [9.17, 15) is 14.9 Å². The van der Waals surface area contributed by atoms with E-state index < -0.39 is 4.92 Å². The van der Waals surface area contributed by atoms with Crippen molar-refractivity contribution in [2.75, 3.05) is 6.54 Å². The standard InChI is InChI=1S/C13H17N3O3/c1-3-9(2)15-12(17)8-14-13(15)10-4-6-11(7-5-10)16(18)19/h4-7,9,13-14H,3,8H2,1-2H3. The lowest BCUT2D eigenvalue weighted by Crippen LogP contribution is -2.37. The van der Waals surface area contributed by atoms with Crippen LogP contribution in [0.3, 0.4) is 0 Å². The minimum Gasteiger partial charge on any atom is -0.319 e. The van der Waals surface area contributed by atoms with Crippen LogP contribution in [-0.4, -0.2) is 28.3 Å². The van der Waals surface area contributed by atoms with Crippen LogP contribution in [0.4, 0.5) is 5.69 Å². The van der Waals surface area contributed by atoms with Crippen LogP contribution >= 0.6 is 0 Å². The van der Waals surface area contributed by atoms with Crippen LogP contribution in [0.25, 0.3) is 0 Å². The fraction of sp³-hybridized carbons (Fsp3) is 0.462. The zero-order valence-corrected chi connectivity index (χ0v) is 11.0. The molecule has 19 heavy (non-hydrogen) atoms. The predicted molar refractivity (Wildman–Crippen MR) is 70.4 cm³/mol.